The minimum atomic E-state index is 0.498. The molecule has 0 spiro atoms. The van der Waals surface area contributed by atoms with Crippen molar-refractivity contribution in [2.75, 3.05) is 13.1 Å². The molecule has 0 saturated carbocycles. The van der Waals surface area contributed by atoms with Gasteiger partial charge in [-0.3, -0.25) is 4.90 Å². The normalized spacial score (nSPS) is 11.3. The molecule has 90 valence electrons. The van der Waals surface area contributed by atoms with E-state index in [1.807, 2.05) is 17.0 Å². The van der Waals surface area contributed by atoms with Crippen LogP contribution in [0.4, 0.5) is 0 Å². The SMILES string of the molecule is C=CCN(Cc1cn(CCN)cn1)C(C)C. The first-order valence-electron chi connectivity index (χ1n) is 5.73. The highest BCUT2D eigenvalue weighted by molar-refractivity contribution is 4.97. The van der Waals surface area contributed by atoms with Gasteiger partial charge in [-0.2, -0.15) is 0 Å². The highest BCUT2D eigenvalue weighted by atomic mass is 15.2. The van der Waals surface area contributed by atoms with E-state index < -0.39 is 0 Å². The van der Waals surface area contributed by atoms with Crippen LogP contribution in [0, 0.1) is 0 Å². The zero-order valence-electron chi connectivity index (χ0n) is 10.3. The average molecular weight is 222 g/mol. The van der Waals surface area contributed by atoms with E-state index in [0.29, 0.717) is 12.6 Å². The van der Waals surface area contributed by atoms with E-state index in [0.717, 1.165) is 25.3 Å². The van der Waals surface area contributed by atoms with E-state index >= 15 is 0 Å². The van der Waals surface area contributed by atoms with E-state index in [1.54, 1.807) is 0 Å². The smallest absolute Gasteiger partial charge is 0.0950 e. The third-order valence-corrected chi connectivity index (χ3v) is 2.53. The molecule has 0 amide bonds. The second kappa shape index (κ2) is 6.45. The predicted octanol–water partition coefficient (Wildman–Crippen LogP) is 1.24. The zero-order valence-corrected chi connectivity index (χ0v) is 10.3. The minimum Gasteiger partial charge on any atom is -0.336 e. The topological polar surface area (TPSA) is 47.1 Å². The Morgan fingerprint density at radius 2 is 2.38 bits per heavy atom. The summed E-state index contributed by atoms with van der Waals surface area (Å²) in [6.45, 7) is 11.4. The van der Waals surface area contributed by atoms with Crippen LogP contribution in [0.2, 0.25) is 0 Å². The Labute approximate surface area is 97.8 Å². The van der Waals surface area contributed by atoms with Crippen molar-refractivity contribution < 1.29 is 0 Å². The van der Waals surface area contributed by atoms with Gasteiger partial charge in [0.2, 0.25) is 0 Å². The molecule has 4 nitrogen and oxygen atoms in total. The second-order valence-electron chi connectivity index (χ2n) is 4.20. The van der Waals surface area contributed by atoms with Gasteiger partial charge in [0.05, 0.1) is 12.0 Å². The van der Waals surface area contributed by atoms with Gasteiger partial charge in [0.15, 0.2) is 0 Å². The van der Waals surface area contributed by atoms with E-state index in [9.17, 15) is 0 Å². The Kier molecular flexibility index (Phi) is 5.22. The molecule has 0 radical (unpaired) electrons. The third-order valence-electron chi connectivity index (χ3n) is 2.53. The van der Waals surface area contributed by atoms with Gasteiger partial charge in [-0.15, -0.1) is 6.58 Å². The van der Waals surface area contributed by atoms with Crippen LogP contribution in [0.5, 0.6) is 0 Å². The quantitative estimate of drug-likeness (QED) is 0.706. The highest BCUT2D eigenvalue weighted by Crippen LogP contribution is 2.06. The van der Waals surface area contributed by atoms with Crippen molar-refractivity contribution in [2.24, 2.45) is 5.73 Å². The monoisotopic (exact) mass is 222 g/mol. The highest BCUT2D eigenvalue weighted by Gasteiger charge is 2.09. The van der Waals surface area contributed by atoms with Gasteiger partial charge in [0, 0.05) is 38.4 Å². The summed E-state index contributed by atoms with van der Waals surface area (Å²) < 4.78 is 2.03. The molecule has 0 unspecified atom stereocenters. The number of imidazole rings is 1. The molecule has 0 aromatic carbocycles. The van der Waals surface area contributed by atoms with Crippen LogP contribution in [-0.2, 0) is 13.1 Å². The van der Waals surface area contributed by atoms with Crippen LogP contribution >= 0.6 is 0 Å². The Morgan fingerprint density at radius 3 is 2.94 bits per heavy atom. The molecule has 1 aromatic rings. The fraction of sp³-hybridized carbons (Fsp3) is 0.583. The molecular formula is C12H22N4. The molecule has 0 aliphatic heterocycles. The first-order valence-corrected chi connectivity index (χ1v) is 5.73. The van der Waals surface area contributed by atoms with Crippen molar-refractivity contribution >= 4 is 0 Å². The largest absolute Gasteiger partial charge is 0.336 e. The maximum Gasteiger partial charge on any atom is 0.0950 e. The Morgan fingerprint density at radius 1 is 1.62 bits per heavy atom. The van der Waals surface area contributed by atoms with E-state index in [4.69, 9.17) is 5.73 Å². The fourth-order valence-corrected chi connectivity index (χ4v) is 1.59. The molecule has 1 heterocycles. The van der Waals surface area contributed by atoms with Crippen molar-refractivity contribution in [3.05, 3.63) is 30.9 Å². The van der Waals surface area contributed by atoms with Gasteiger partial charge < -0.3 is 10.3 Å². The Hall–Kier alpha value is -1.13. The minimum absolute atomic E-state index is 0.498. The molecule has 1 aromatic heterocycles. The Bertz CT molecular complexity index is 317. The van der Waals surface area contributed by atoms with Crippen molar-refractivity contribution in [1.29, 1.82) is 0 Å². The molecular weight excluding hydrogens is 200 g/mol. The van der Waals surface area contributed by atoms with Gasteiger partial charge in [-0.1, -0.05) is 6.08 Å². The lowest BCUT2D eigenvalue weighted by atomic mass is 10.3. The Balaban J connectivity index is 2.58. The maximum atomic E-state index is 5.49. The summed E-state index contributed by atoms with van der Waals surface area (Å²) in [6.07, 6.45) is 5.83. The lowest BCUT2D eigenvalue weighted by molar-refractivity contribution is 0.235. The summed E-state index contributed by atoms with van der Waals surface area (Å²) in [5, 5.41) is 0. The summed E-state index contributed by atoms with van der Waals surface area (Å²) in [4.78, 5) is 6.69. The van der Waals surface area contributed by atoms with Crippen molar-refractivity contribution in [3.8, 4) is 0 Å². The third kappa shape index (κ3) is 3.79. The predicted molar refractivity (Wildman–Crippen MR) is 67.0 cm³/mol. The number of hydrogen-bond donors (Lipinski definition) is 1. The summed E-state index contributed by atoms with van der Waals surface area (Å²) in [7, 11) is 0. The second-order valence-corrected chi connectivity index (χ2v) is 4.20. The first kappa shape index (κ1) is 12.9. The van der Waals surface area contributed by atoms with Crippen LogP contribution in [0.25, 0.3) is 0 Å². The molecule has 0 aliphatic rings. The molecule has 0 bridgehead atoms. The van der Waals surface area contributed by atoms with E-state index in [2.05, 4.69) is 36.5 Å². The molecule has 0 saturated heterocycles. The van der Waals surface area contributed by atoms with E-state index in [-0.39, 0.29) is 0 Å². The van der Waals surface area contributed by atoms with Crippen LogP contribution in [0.1, 0.15) is 19.5 Å². The van der Waals surface area contributed by atoms with Crippen LogP contribution < -0.4 is 5.73 Å². The number of nitrogens with zero attached hydrogens (tertiary/aromatic N) is 3. The van der Waals surface area contributed by atoms with Crippen molar-refractivity contribution in [2.45, 2.75) is 33.0 Å². The van der Waals surface area contributed by atoms with Gasteiger partial charge in [-0.05, 0) is 13.8 Å². The number of hydrogen-bond acceptors (Lipinski definition) is 3. The lowest BCUT2D eigenvalue weighted by Gasteiger charge is -2.23. The molecule has 1 rings (SSSR count). The van der Waals surface area contributed by atoms with Gasteiger partial charge in [0.25, 0.3) is 0 Å². The standard InChI is InChI=1S/C12H22N4/c1-4-6-16(11(2)3)9-12-8-15(7-5-13)10-14-12/h4,8,10-11H,1,5-7,9,13H2,2-3H3. The molecule has 4 heteroatoms. The molecule has 0 atom stereocenters. The summed E-state index contributed by atoms with van der Waals surface area (Å²) in [6, 6.07) is 0.498. The van der Waals surface area contributed by atoms with Crippen LogP contribution in [0.3, 0.4) is 0 Å². The van der Waals surface area contributed by atoms with Gasteiger partial charge in [-0.25, -0.2) is 4.98 Å². The van der Waals surface area contributed by atoms with Crippen LogP contribution in [-0.4, -0.2) is 33.6 Å². The number of aromatic nitrogens is 2. The van der Waals surface area contributed by atoms with Crippen molar-refractivity contribution in [3.63, 3.8) is 0 Å². The molecule has 0 fully saturated rings. The maximum absolute atomic E-state index is 5.49. The zero-order chi connectivity index (χ0) is 12.0. The molecule has 2 N–H and O–H groups in total. The lowest BCUT2D eigenvalue weighted by Crippen LogP contribution is -2.30. The summed E-state index contributed by atoms with van der Waals surface area (Å²) >= 11 is 0. The van der Waals surface area contributed by atoms with Crippen LogP contribution in [0.15, 0.2) is 25.2 Å². The van der Waals surface area contributed by atoms with E-state index in [1.165, 1.54) is 0 Å². The fourth-order valence-electron chi connectivity index (χ4n) is 1.59. The average Bonchev–Trinajstić information content (AvgIpc) is 2.65. The number of rotatable bonds is 7. The summed E-state index contributed by atoms with van der Waals surface area (Å²) in [5.41, 5.74) is 6.58. The van der Waals surface area contributed by atoms with Gasteiger partial charge in [0.1, 0.15) is 0 Å². The van der Waals surface area contributed by atoms with Gasteiger partial charge >= 0.3 is 0 Å². The summed E-state index contributed by atoms with van der Waals surface area (Å²) in [5.74, 6) is 0. The van der Waals surface area contributed by atoms with Crippen molar-refractivity contribution in [1.82, 2.24) is 14.5 Å². The molecule has 16 heavy (non-hydrogen) atoms. The first-order chi connectivity index (χ1) is 7.67. The molecule has 0 aliphatic carbocycles. The number of nitrogens with two attached hydrogens (primary N) is 1.